The van der Waals surface area contributed by atoms with Crippen LogP contribution in [0.5, 0.6) is 0 Å². The van der Waals surface area contributed by atoms with E-state index in [4.69, 9.17) is 0 Å². The molecular formula is C13H22BrN3O2S2. The molecule has 0 amide bonds. The van der Waals surface area contributed by atoms with Crippen LogP contribution < -0.4 is 10.0 Å². The molecule has 0 bridgehead atoms. The summed E-state index contributed by atoms with van der Waals surface area (Å²) in [6.07, 6.45) is 1.86. The number of nitrogens with one attached hydrogen (secondary N) is 2. The van der Waals surface area contributed by atoms with Crippen molar-refractivity contribution in [1.29, 1.82) is 0 Å². The average Bonchev–Trinajstić information content (AvgIpc) is 2.89. The molecule has 2 rings (SSSR count). The van der Waals surface area contributed by atoms with E-state index >= 15 is 0 Å². The van der Waals surface area contributed by atoms with E-state index in [9.17, 15) is 8.42 Å². The van der Waals surface area contributed by atoms with Gasteiger partial charge in [0.25, 0.3) is 10.2 Å². The quantitative estimate of drug-likeness (QED) is 0.743. The van der Waals surface area contributed by atoms with E-state index in [0.29, 0.717) is 25.6 Å². The highest BCUT2D eigenvalue weighted by Gasteiger charge is 2.27. The van der Waals surface area contributed by atoms with Gasteiger partial charge < -0.3 is 5.32 Å². The summed E-state index contributed by atoms with van der Waals surface area (Å²) < 4.78 is 29.8. The van der Waals surface area contributed by atoms with E-state index < -0.39 is 10.2 Å². The summed E-state index contributed by atoms with van der Waals surface area (Å²) in [4.78, 5) is 1.01. The van der Waals surface area contributed by atoms with Gasteiger partial charge in [-0.3, -0.25) is 0 Å². The Hall–Kier alpha value is 0.01000. The highest BCUT2D eigenvalue weighted by molar-refractivity contribution is 9.10. The topological polar surface area (TPSA) is 61.4 Å². The molecule has 1 fully saturated rings. The van der Waals surface area contributed by atoms with Gasteiger partial charge in [-0.25, -0.2) is 0 Å². The summed E-state index contributed by atoms with van der Waals surface area (Å²) in [5.41, 5.74) is 0. The molecule has 2 heterocycles. The van der Waals surface area contributed by atoms with Crippen LogP contribution in [-0.2, 0) is 16.8 Å². The molecule has 0 radical (unpaired) electrons. The van der Waals surface area contributed by atoms with E-state index in [1.54, 1.807) is 15.6 Å². The highest BCUT2D eigenvalue weighted by Crippen LogP contribution is 2.21. The van der Waals surface area contributed by atoms with Crippen LogP contribution >= 0.6 is 27.3 Å². The molecule has 1 aromatic rings. The van der Waals surface area contributed by atoms with Crippen LogP contribution in [0, 0.1) is 5.92 Å². The lowest BCUT2D eigenvalue weighted by molar-refractivity contribution is 0.266. The van der Waals surface area contributed by atoms with E-state index in [0.717, 1.165) is 35.3 Å². The number of nitrogens with zero attached hydrogens (tertiary/aromatic N) is 1. The molecule has 0 atom stereocenters. The van der Waals surface area contributed by atoms with Gasteiger partial charge in [0, 0.05) is 34.4 Å². The molecule has 120 valence electrons. The lowest BCUT2D eigenvalue weighted by Crippen LogP contribution is -2.45. The summed E-state index contributed by atoms with van der Waals surface area (Å²) in [6.45, 7) is 5.62. The van der Waals surface area contributed by atoms with Crippen molar-refractivity contribution in [1.82, 2.24) is 14.3 Å². The van der Waals surface area contributed by atoms with Crippen LogP contribution in [0.3, 0.4) is 0 Å². The van der Waals surface area contributed by atoms with Crippen molar-refractivity contribution in [3.8, 4) is 0 Å². The molecule has 21 heavy (non-hydrogen) atoms. The van der Waals surface area contributed by atoms with Gasteiger partial charge in [-0.1, -0.05) is 6.92 Å². The van der Waals surface area contributed by atoms with Crippen molar-refractivity contribution in [3.05, 3.63) is 20.8 Å². The lowest BCUT2D eigenvalue weighted by atomic mass is 9.98. The van der Waals surface area contributed by atoms with Crippen molar-refractivity contribution in [2.24, 2.45) is 5.92 Å². The third-order valence-electron chi connectivity index (χ3n) is 3.65. The maximum absolute atomic E-state index is 12.3. The van der Waals surface area contributed by atoms with E-state index in [1.807, 2.05) is 11.4 Å². The Morgan fingerprint density at radius 2 is 2.14 bits per heavy atom. The first-order valence-corrected chi connectivity index (χ1v) is 10.3. The molecule has 1 aliphatic heterocycles. The van der Waals surface area contributed by atoms with E-state index in [1.165, 1.54) is 0 Å². The fourth-order valence-corrected chi connectivity index (χ4v) is 5.10. The van der Waals surface area contributed by atoms with Crippen LogP contribution in [-0.4, -0.2) is 38.9 Å². The molecule has 8 heteroatoms. The molecule has 0 saturated carbocycles. The van der Waals surface area contributed by atoms with Gasteiger partial charge in [0.2, 0.25) is 0 Å². The fraction of sp³-hybridized carbons (Fsp3) is 0.692. The number of hydrogen-bond donors (Lipinski definition) is 2. The molecule has 0 spiro atoms. The Labute approximate surface area is 139 Å². The summed E-state index contributed by atoms with van der Waals surface area (Å²) in [6, 6.07) is 1.94. The lowest BCUT2D eigenvalue weighted by Gasteiger charge is -2.31. The highest BCUT2D eigenvalue weighted by atomic mass is 79.9. The number of thiophene rings is 1. The predicted octanol–water partition coefficient (Wildman–Crippen LogP) is 2.17. The monoisotopic (exact) mass is 395 g/mol. The van der Waals surface area contributed by atoms with Crippen molar-refractivity contribution in [2.45, 2.75) is 26.3 Å². The van der Waals surface area contributed by atoms with Gasteiger partial charge in [0.15, 0.2) is 0 Å². The van der Waals surface area contributed by atoms with Crippen LogP contribution in [0.15, 0.2) is 15.9 Å². The van der Waals surface area contributed by atoms with Crippen LogP contribution in [0.1, 0.15) is 24.6 Å². The molecule has 0 unspecified atom stereocenters. The van der Waals surface area contributed by atoms with E-state index in [-0.39, 0.29) is 0 Å². The van der Waals surface area contributed by atoms with Crippen molar-refractivity contribution in [2.75, 3.05) is 26.2 Å². The standard InChI is InChI=1S/C13H22BrN3O2S2/c1-2-15-8-11-3-5-17(6-4-11)21(18,19)16-9-13-7-12(14)10-20-13/h7,10-11,15-16H,2-6,8-9H2,1H3. The molecule has 0 aliphatic carbocycles. The summed E-state index contributed by atoms with van der Waals surface area (Å²) >= 11 is 4.92. The largest absolute Gasteiger partial charge is 0.317 e. The van der Waals surface area contributed by atoms with Crippen LogP contribution in [0.4, 0.5) is 0 Å². The minimum absolute atomic E-state index is 0.357. The minimum Gasteiger partial charge on any atom is -0.317 e. The number of halogens is 1. The summed E-state index contributed by atoms with van der Waals surface area (Å²) in [7, 11) is -3.36. The normalized spacial score (nSPS) is 18.2. The molecule has 1 aliphatic rings. The summed E-state index contributed by atoms with van der Waals surface area (Å²) in [5.74, 6) is 0.588. The smallest absolute Gasteiger partial charge is 0.279 e. The van der Waals surface area contributed by atoms with Gasteiger partial charge in [-0.05, 0) is 53.8 Å². The Kier molecular flexibility index (Phi) is 6.64. The average molecular weight is 396 g/mol. The zero-order valence-electron chi connectivity index (χ0n) is 12.1. The van der Waals surface area contributed by atoms with E-state index in [2.05, 4.69) is 32.9 Å². The van der Waals surface area contributed by atoms with Gasteiger partial charge in [-0.2, -0.15) is 17.4 Å². The molecule has 1 saturated heterocycles. The minimum atomic E-state index is -3.36. The second kappa shape index (κ2) is 8.03. The maximum atomic E-state index is 12.3. The fourth-order valence-electron chi connectivity index (χ4n) is 2.40. The van der Waals surface area contributed by atoms with Crippen molar-refractivity contribution >= 4 is 37.5 Å². The van der Waals surface area contributed by atoms with Gasteiger partial charge >= 0.3 is 0 Å². The van der Waals surface area contributed by atoms with Gasteiger partial charge in [0.05, 0.1) is 0 Å². The first kappa shape index (κ1) is 17.4. The van der Waals surface area contributed by atoms with Gasteiger partial charge in [-0.15, -0.1) is 11.3 Å². The number of rotatable bonds is 7. The predicted molar refractivity (Wildman–Crippen MR) is 90.6 cm³/mol. The Morgan fingerprint density at radius 3 is 2.71 bits per heavy atom. The SMILES string of the molecule is CCNCC1CCN(S(=O)(=O)NCc2cc(Br)cs2)CC1. The van der Waals surface area contributed by atoms with Gasteiger partial charge in [0.1, 0.15) is 0 Å². The number of hydrogen-bond acceptors (Lipinski definition) is 4. The molecular weight excluding hydrogens is 374 g/mol. The van der Waals surface area contributed by atoms with Crippen LogP contribution in [0.2, 0.25) is 0 Å². The Balaban J connectivity index is 1.81. The molecule has 5 nitrogen and oxygen atoms in total. The van der Waals surface area contributed by atoms with Crippen molar-refractivity contribution < 1.29 is 8.42 Å². The third kappa shape index (κ3) is 5.30. The number of piperidine rings is 1. The first-order chi connectivity index (χ1) is 10.0. The Morgan fingerprint density at radius 1 is 1.43 bits per heavy atom. The Bertz CT molecular complexity index is 539. The second-order valence-electron chi connectivity index (χ2n) is 5.21. The zero-order valence-corrected chi connectivity index (χ0v) is 15.4. The summed E-state index contributed by atoms with van der Waals surface area (Å²) in [5, 5.41) is 5.29. The second-order valence-corrected chi connectivity index (χ2v) is 8.87. The zero-order chi connectivity index (χ0) is 15.3. The first-order valence-electron chi connectivity index (χ1n) is 7.19. The third-order valence-corrected chi connectivity index (χ3v) is 6.90. The molecule has 2 N–H and O–H groups in total. The van der Waals surface area contributed by atoms with Crippen molar-refractivity contribution in [3.63, 3.8) is 0 Å². The van der Waals surface area contributed by atoms with Crippen LogP contribution in [0.25, 0.3) is 0 Å². The molecule has 0 aromatic carbocycles. The maximum Gasteiger partial charge on any atom is 0.279 e. The molecule has 1 aromatic heterocycles.